The Morgan fingerprint density at radius 3 is 2.59 bits per heavy atom. The van der Waals surface area contributed by atoms with Crippen LogP contribution in [0.15, 0.2) is 23.8 Å². The summed E-state index contributed by atoms with van der Waals surface area (Å²) in [6.45, 7) is 8.57. The minimum Gasteiger partial charge on any atom is -0.462 e. The second-order valence-electron chi connectivity index (χ2n) is 11.9. The Balaban J connectivity index is 1.59. The van der Waals surface area contributed by atoms with Gasteiger partial charge >= 0.3 is 11.9 Å². The van der Waals surface area contributed by atoms with Crippen molar-refractivity contribution in [3.8, 4) is 0 Å². The minimum absolute atomic E-state index is 0.00945. The summed E-state index contributed by atoms with van der Waals surface area (Å²) < 4.78 is 24.2. The van der Waals surface area contributed by atoms with Crippen molar-refractivity contribution in [2.45, 2.75) is 97.2 Å². The summed E-state index contributed by atoms with van der Waals surface area (Å²) in [7, 11) is 0. The Labute approximate surface area is 218 Å². The van der Waals surface area contributed by atoms with Gasteiger partial charge < -0.3 is 18.9 Å². The highest BCUT2D eigenvalue weighted by Gasteiger charge is 2.76. The first-order valence-corrected chi connectivity index (χ1v) is 13.6. The van der Waals surface area contributed by atoms with Crippen molar-refractivity contribution >= 4 is 23.5 Å². The maximum Gasteiger partial charge on any atom is 0.303 e. The third-order valence-electron chi connectivity index (χ3n) is 9.93. The van der Waals surface area contributed by atoms with E-state index in [1.165, 1.54) is 13.8 Å². The number of rotatable bonds is 6. The van der Waals surface area contributed by atoms with Gasteiger partial charge in [0, 0.05) is 30.6 Å². The lowest BCUT2D eigenvalue weighted by molar-refractivity contribution is -0.208. The number of hydrogen-bond acceptors (Lipinski definition) is 8. The molecule has 0 bridgehead atoms. The topological polar surface area (TPSA) is 105 Å². The zero-order valence-electron chi connectivity index (χ0n) is 22.4. The van der Waals surface area contributed by atoms with Crippen molar-refractivity contribution in [1.82, 2.24) is 0 Å². The van der Waals surface area contributed by atoms with Crippen LogP contribution in [0.4, 0.5) is 0 Å². The van der Waals surface area contributed by atoms with Gasteiger partial charge in [0.1, 0.15) is 6.10 Å². The van der Waals surface area contributed by atoms with Crippen LogP contribution in [0.2, 0.25) is 0 Å². The molecule has 0 spiro atoms. The van der Waals surface area contributed by atoms with E-state index in [-0.39, 0.29) is 41.9 Å². The molecule has 1 heterocycles. The quantitative estimate of drug-likeness (QED) is 0.492. The summed E-state index contributed by atoms with van der Waals surface area (Å²) in [5.74, 6) is -1.03. The fraction of sp³-hybridized carbons (Fsp3) is 0.724. The van der Waals surface area contributed by atoms with E-state index < -0.39 is 40.9 Å². The van der Waals surface area contributed by atoms with Gasteiger partial charge in [-0.05, 0) is 56.1 Å². The van der Waals surface area contributed by atoms with E-state index in [2.05, 4.69) is 13.8 Å². The Kier molecular flexibility index (Phi) is 6.51. The molecule has 1 aliphatic heterocycles. The van der Waals surface area contributed by atoms with Gasteiger partial charge in [-0.15, -0.1) is 0 Å². The maximum absolute atomic E-state index is 13.9. The van der Waals surface area contributed by atoms with Gasteiger partial charge in [-0.25, -0.2) is 0 Å². The number of allylic oxidation sites excluding steroid dienone is 4. The number of esters is 2. The molecule has 0 aromatic carbocycles. The summed E-state index contributed by atoms with van der Waals surface area (Å²) in [4.78, 5) is 50.1. The molecule has 0 aromatic rings. The molecule has 4 aliphatic carbocycles. The first kappa shape index (κ1) is 26.3. The number of carbonyl (C=O) groups is 4. The second kappa shape index (κ2) is 9.16. The summed E-state index contributed by atoms with van der Waals surface area (Å²) in [6.07, 6.45) is 8.07. The van der Waals surface area contributed by atoms with Crippen molar-refractivity contribution in [2.24, 2.45) is 28.6 Å². The molecule has 0 unspecified atom stereocenters. The van der Waals surface area contributed by atoms with Crippen LogP contribution in [0, 0.1) is 28.6 Å². The van der Waals surface area contributed by atoms with Gasteiger partial charge in [-0.3, -0.25) is 19.2 Å². The number of ether oxygens (including phenoxy) is 4. The van der Waals surface area contributed by atoms with Gasteiger partial charge in [0.15, 0.2) is 24.3 Å². The predicted molar refractivity (Wildman–Crippen MR) is 132 cm³/mol. The Bertz CT molecular complexity index is 1080. The number of hydrogen-bond donors (Lipinski definition) is 0. The Morgan fingerprint density at radius 2 is 1.92 bits per heavy atom. The van der Waals surface area contributed by atoms with Crippen LogP contribution in [0.5, 0.6) is 0 Å². The molecule has 4 fully saturated rings. The SMILES string of the molecule is CCC[C@H]1O[C@@H]2C[C@H]3[C@@H]4CCC5=CC(=O)C=C[C@]5(C)[C@H]4[C@@H](OC(C)=O)C[C@]3(C)[C@]2(C(=O)COC(C)=O)O1. The van der Waals surface area contributed by atoms with Crippen LogP contribution in [0.1, 0.15) is 73.1 Å². The van der Waals surface area contributed by atoms with E-state index in [0.29, 0.717) is 19.3 Å². The molecule has 5 rings (SSSR count). The third-order valence-corrected chi connectivity index (χ3v) is 9.93. The van der Waals surface area contributed by atoms with E-state index in [0.717, 1.165) is 24.8 Å². The van der Waals surface area contributed by atoms with E-state index >= 15 is 0 Å². The number of carbonyl (C=O) groups excluding carboxylic acids is 4. The molecule has 0 amide bonds. The molecule has 9 atom stereocenters. The maximum atomic E-state index is 13.9. The van der Waals surface area contributed by atoms with Gasteiger partial charge in [-0.1, -0.05) is 38.8 Å². The average molecular weight is 515 g/mol. The highest BCUT2D eigenvalue weighted by Crippen LogP contribution is 2.70. The molecule has 0 aromatic heterocycles. The number of ketones is 2. The van der Waals surface area contributed by atoms with Crippen molar-refractivity contribution < 1.29 is 38.1 Å². The molecule has 8 heteroatoms. The standard InChI is InChI=1S/C29H38O8/c1-6-7-25-36-24-13-21-20-9-8-18-12-19(32)10-11-27(18,4)26(20)22(35-17(3)31)14-28(21,5)29(24,37-25)23(33)15-34-16(2)30/h10-12,20-22,24-26H,6-9,13-15H2,1-5H3/t20-,21-,22-,24+,25-,26+,27-,28-,29+/m0/s1. The molecule has 5 aliphatic rings. The molecular formula is C29H38O8. The smallest absolute Gasteiger partial charge is 0.303 e. The monoisotopic (exact) mass is 514 g/mol. The van der Waals surface area contributed by atoms with Crippen LogP contribution in [0.25, 0.3) is 0 Å². The number of fused-ring (bicyclic) bond motifs is 7. The van der Waals surface area contributed by atoms with Crippen molar-refractivity contribution in [3.05, 3.63) is 23.8 Å². The molecule has 8 nitrogen and oxygen atoms in total. The number of Topliss-reactive ketones (excluding diaryl/α,β-unsaturated/α-hetero) is 1. The lowest BCUT2D eigenvalue weighted by Gasteiger charge is -2.60. The zero-order chi connectivity index (χ0) is 26.8. The highest BCUT2D eigenvalue weighted by molar-refractivity contribution is 6.01. The largest absolute Gasteiger partial charge is 0.462 e. The summed E-state index contributed by atoms with van der Waals surface area (Å²) in [6, 6.07) is 0. The van der Waals surface area contributed by atoms with Crippen molar-refractivity contribution in [1.29, 1.82) is 0 Å². The molecule has 0 radical (unpaired) electrons. The fourth-order valence-corrected chi connectivity index (χ4v) is 8.57. The van der Waals surface area contributed by atoms with Gasteiger partial charge in [0.2, 0.25) is 5.78 Å². The van der Waals surface area contributed by atoms with Crippen LogP contribution in [-0.4, -0.2) is 54.2 Å². The van der Waals surface area contributed by atoms with Crippen molar-refractivity contribution in [3.63, 3.8) is 0 Å². The molecular weight excluding hydrogens is 476 g/mol. The Morgan fingerprint density at radius 1 is 1.16 bits per heavy atom. The van der Waals surface area contributed by atoms with Crippen LogP contribution < -0.4 is 0 Å². The van der Waals surface area contributed by atoms with Gasteiger partial charge in [0.05, 0.1) is 6.10 Å². The lowest BCUT2D eigenvalue weighted by atomic mass is 9.46. The highest BCUT2D eigenvalue weighted by atomic mass is 16.7. The molecule has 0 N–H and O–H groups in total. The lowest BCUT2D eigenvalue weighted by Crippen LogP contribution is -2.64. The van der Waals surface area contributed by atoms with E-state index in [1.807, 2.05) is 13.0 Å². The van der Waals surface area contributed by atoms with Gasteiger partial charge in [-0.2, -0.15) is 0 Å². The first-order chi connectivity index (χ1) is 17.5. The normalized spacial score (nSPS) is 43.7. The fourth-order valence-electron chi connectivity index (χ4n) is 8.57. The zero-order valence-corrected chi connectivity index (χ0v) is 22.4. The van der Waals surface area contributed by atoms with E-state index in [1.54, 1.807) is 12.2 Å². The summed E-state index contributed by atoms with van der Waals surface area (Å²) in [5.41, 5.74) is -1.32. The van der Waals surface area contributed by atoms with Crippen LogP contribution in [-0.2, 0) is 38.1 Å². The third kappa shape index (κ3) is 3.85. The predicted octanol–water partition coefficient (Wildman–Crippen LogP) is 3.86. The summed E-state index contributed by atoms with van der Waals surface area (Å²) >= 11 is 0. The minimum atomic E-state index is -1.29. The van der Waals surface area contributed by atoms with Crippen LogP contribution >= 0.6 is 0 Å². The first-order valence-electron chi connectivity index (χ1n) is 13.6. The molecule has 202 valence electrons. The molecule has 37 heavy (non-hydrogen) atoms. The molecule has 3 saturated carbocycles. The van der Waals surface area contributed by atoms with E-state index in [4.69, 9.17) is 18.9 Å². The summed E-state index contributed by atoms with van der Waals surface area (Å²) in [5, 5.41) is 0. The van der Waals surface area contributed by atoms with Crippen LogP contribution in [0.3, 0.4) is 0 Å². The molecule has 1 saturated heterocycles. The Hall–Kier alpha value is -2.32. The average Bonchev–Trinajstić information content (AvgIpc) is 3.29. The van der Waals surface area contributed by atoms with Crippen molar-refractivity contribution in [2.75, 3.05) is 6.61 Å². The second-order valence-corrected chi connectivity index (χ2v) is 11.9. The van der Waals surface area contributed by atoms with Gasteiger partial charge in [0.25, 0.3) is 0 Å². The van der Waals surface area contributed by atoms with E-state index in [9.17, 15) is 19.2 Å².